The van der Waals surface area contributed by atoms with E-state index in [4.69, 9.17) is 32.7 Å². The molecule has 46 heavy (non-hydrogen) atoms. The lowest BCUT2D eigenvalue weighted by molar-refractivity contribution is -0.129. The molecule has 6 rings (SSSR count). The number of fused-ring (bicyclic) bond motifs is 2. The topological polar surface area (TPSA) is 120 Å². The molecule has 3 unspecified atom stereocenters. The zero-order valence-electron chi connectivity index (χ0n) is 25.2. The maximum atomic E-state index is 13.4. The number of ether oxygens (including phenoxy) is 2. The fourth-order valence-corrected chi connectivity index (χ4v) is 6.53. The van der Waals surface area contributed by atoms with Crippen molar-refractivity contribution in [1.82, 2.24) is 5.32 Å². The second kappa shape index (κ2) is 14.2. The number of para-hydroxylation sites is 2. The first kappa shape index (κ1) is 32.0. The zero-order chi connectivity index (χ0) is 32.2. The molecule has 12 heteroatoms. The second-order valence-electron chi connectivity index (χ2n) is 11.7. The van der Waals surface area contributed by atoms with Crippen LogP contribution in [0, 0.1) is 0 Å². The maximum Gasteiger partial charge on any atom is 0.267 e. The molecule has 10 nitrogen and oxygen atoms in total. The van der Waals surface area contributed by atoms with Crippen LogP contribution in [0.5, 0.6) is 11.5 Å². The maximum absolute atomic E-state index is 13.4. The third-order valence-corrected chi connectivity index (χ3v) is 9.09. The predicted octanol–water partition coefficient (Wildman–Crippen LogP) is 4.90. The van der Waals surface area contributed by atoms with Gasteiger partial charge in [0.25, 0.3) is 11.8 Å². The van der Waals surface area contributed by atoms with E-state index in [1.54, 1.807) is 41.3 Å². The van der Waals surface area contributed by atoms with Gasteiger partial charge in [-0.05, 0) is 60.4 Å². The Hall–Kier alpha value is -3.99. The number of benzene rings is 3. The van der Waals surface area contributed by atoms with Crippen molar-refractivity contribution >= 4 is 58.0 Å². The van der Waals surface area contributed by atoms with Crippen LogP contribution in [0.15, 0.2) is 66.7 Å². The average Bonchev–Trinajstić information content (AvgIpc) is 3.10. The molecule has 0 saturated heterocycles. The number of nitrogens with zero attached hydrogens (tertiary/aromatic N) is 2. The molecule has 0 radical (unpaired) electrons. The number of nitrogens with one attached hydrogen (secondary N) is 2. The molecule has 0 aromatic heterocycles. The highest BCUT2D eigenvalue weighted by Crippen LogP contribution is 2.38. The predicted molar refractivity (Wildman–Crippen MR) is 178 cm³/mol. The zero-order valence-corrected chi connectivity index (χ0v) is 26.7. The van der Waals surface area contributed by atoms with Crippen LogP contribution in [0.25, 0.3) is 11.1 Å². The summed E-state index contributed by atoms with van der Waals surface area (Å²) in [7, 11) is 0. The fraction of sp³-hybridized carbons (Fsp3) is 0.382. The number of amides is 3. The van der Waals surface area contributed by atoms with Crippen LogP contribution >= 0.6 is 23.2 Å². The van der Waals surface area contributed by atoms with Crippen LogP contribution in [0.2, 0.25) is 0 Å². The van der Waals surface area contributed by atoms with Crippen molar-refractivity contribution in [2.75, 3.05) is 40.0 Å². The van der Waals surface area contributed by atoms with Gasteiger partial charge in [-0.15, -0.1) is 23.2 Å². The standard InChI is InChI=1S/C34H36Cl2N4O6/c35-17-31(41)39-19-29(45-27-12-5-4-11-25(27)39)34(44)38-24-10-6-7-21(15-24)22-13-14-26-28(16-22)46-30(20-40(26)32(42)18-36)33(43)37-23-8-2-1-3-9-23/h4-7,10-16,23,29-31,41H,1-3,8-9,17-20H2,(H,37,43)(H,38,44). The molecule has 2 aliphatic heterocycles. The molecular formula is C34H36Cl2N4O6. The lowest BCUT2D eigenvalue weighted by atomic mass is 9.95. The smallest absolute Gasteiger partial charge is 0.267 e. The number of rotatable bonds is 8. The van der Waals surface area contributed by atoms with Crippen molar-refractivity contribution in [2.45, 2.75) is 56.6 Å². The molecule has 1 fully saturated rings. The normalized spacial score (nSPS) is 20.0. The summed E-state index contributed by atoms with van der Waals surface area (Å²) in [6, 6.07) is 20.0. The average molecular weight is 668 g/mol. The van der Waals surface area contributed by atoms with Gasteiger partial charge in [0.2, 0.25) is 5.91 Å². The fourth-order valence-electron chi connectivity index (χ4n) is 6.21. The van der Waals surface area contributed by atoms with Crippen LogP contribution in [0.1, 0.15) is 32.1 Å². The van der Waals surface area contributed by atoms with Crippen LogP contribution in [-0.2, 0) is 14.4 Å². The van der Waals surface area contributed by atoms with E-state index in [-0.39, 0.29) is 48.6 Å². The van der Waals surface area contributed by atoms with Crippen molar-refractivity contribution < 1.29 is 29.0 Å². The summed E-state index contributed by atoms with van der Waals surface area (Å²) in [6.07, 6.45) is 2.45. The number of aliphatic hydroxyl groups excluding tert-OH is 1. The van der Waals surface area contributed by atoms with Crippen LogP contribution < -0.4 is 29.9 Å². The van der Waals surface area contributed by atoms with Gasteiger partial charge in [0.05, 0.1) is 30.3 Å². The molecule has 3 atom stereocenters. The molecule has 0 bridgehead atoms. The lowest BCUT2D eigenvalue weighted by Crippen LogP contribution is -2.53. The number of carbonyl (C=O) groups excluding carboxylic acids is 3. The quantitative estimate of drug-likeness (QED) is 0.293. The van der Waals surface area contributed by atoms with Crippen molar-refractivity contribution in [2.24, 2.45) is 0 Å². The van der Waals surface area contributed by atoms with Gasteiger partial charge in [0.1, 0.15) is 23.6 Å². The van der Waals surface area contributed by atoms with Gasteiger partial charge in [-0.3, -0.25) is 14.4 Å². The Morgan fingerprint density at radius 1 is 0.826 bits per heavy atom. The number of alkyl halides is 2. The molecule has 0 spiro atoms. The summed E-state index contributed by atoms with van der Waals surface area (Å²) in [4.78, 5) is 42.5. The van der Waals surface area contributed by atoms with E-state index in [1.807, 2.05) is 30.3 Å². The van der Waals surface area contributed by atoms with Crippen molar-refractivity contribution in [3.63, 3.8) is 0 Å². The molecule has 3 aromatic rings. The monoisotopic (exact) mass is 666 g/mol. The number of carbonyl (C=O) groups is 3. The lowest BCUT2D eigenvalue weighted by Gasteiger charge is -2.37. The van der Waals surface area contributed by atoms with Gasteiger partial charge in [0.15, 0.2) is 12.2 Å². The highest BCUT2D eigenvalue weighted by molar-refractivity contribution is 6.29. The number of aliphatic hydroxyl groups is 1. The molecule has 3 amide bonds. The summed E-state index contributed by atoms with van der Waals surface area (Å²) in [5.74, 6) is -0.318. The number of hydrogen-bond donors (Lipinski definition) is 3. The van der Waals surface area contributed by atoms with Crippen LogP contribution in [-0.4, -0.2) is 72.2 Å². The van der Waals surface area contributed by atoms with Gasteiger partial charge in [-0.1, -0.05) is 49.6 Å². The molecule has 242 valence electrons. The summed E-state index contributed by atoms with van der Waals surface area (Å²) in [5, 5.41) is 16.5. The van der Waals surface area contributed by atoms with Gasteiger partial charge in [-0.25, -0.2) is 0 Å². The van der Waals surface area contributed by atoms with Gasteiger partial charge in [-0.2, -0.15) is 0 Å². The Balaban J connectivity index is 1.20. The molecule has 2 heterocycles. The van der Waals surface area contributed by atoms with Gasteiger partial charge >= 0.3 is 0 Å². The molecule has 3 aliphatic rings. The number of anilines is 3. The number of hydrogen-bond acceptors (Lipinski definition) is 7. The van der Waals surface area contributed by atoms with E-state index in [0.717, 1.165) is 36.8 Å². The molecule has 1 saturated carbocycles. The molecule has 3 N–H and O–H groups in total. The van der Waals surface area contributed by atoms with Crippen LogP contribution in [0.4, 0.5) is 17.1 Å². The molecule has 3 aromatic carbocycles. The Kier molecular flexibility index (Phi) is 9.86. The second-order valence-corrected chi connectivity index (χ2v) is 12.3. The van der Waals surface area contributed by atoms with E-state index in [1.165, 1.54) is 11.3 Å². The summed E-state index contributed by atoms with van der Waals surface area (Å²) in [5.41, 5.74) is 3.29. The minimum absolute atomic E-state index is 0.0288. The highest BCUT2D eigenvalue weighted by atomic mass is 35.5. The Morgan fingerprint density at radius 3 is 2.35 bits per heavy atom. The highest BCUT2D eigenvalue weighted by Gasteiger charge is 2.36. The van der Waals surface area contributed by atoms with Crippen molar-refractivity contribution in [1.29, 1.82) is 0 Å². The Morgan fingerprint density at radius 2 is 1.57 bits per heavy atom. The Labute approximate surface area is 277 Å². The largest absolute Gasteiger partial charge is 0.477 e. The Bertz CT molecular complexity index is 1600. The van der Waals surface area contributed by atoms with Gasteiger partial charge < -0.3 is 35.0 Å². The van der Waals surface area contributed by atoms with E-state index < -0.39 is 18.4 Å². The first-order valence-electron chi connectivity index (χ1n) is 15.5. The minimum Gasteiger partial charge on any atom is -0.477 e. The first-order chi connectivity index (χ1) is 22.3. The third-order valence-electron chi connectivity index (χ3n) is 8.59. The van der Waals surface area contributed by atoms with Gasteiger partial charge in [0, 0.05) is 11.7 Å². The first-order valence-corrected chi connectivity index (χ1v) is 16.6. The minimum atomic E-state index is -0.981. The summed E-state index contributed by atoms with van der Waals surface area (Å²) < 4.78 is 12.2. The number of halogens is 2. The summed E-state index contributed by atoms with van der Waals surface area (Å²) in [6.45, 7) is 0.191. The van der Waals surface area contributed by atoms with E-state index >= 15 is 0 Å². The van der Waals surface area contributed by atoms with E-state index in [9.17, 15) is 19.5 Å². The van der Waals surface area contributed by atoms with E-state index in [0.29, 0.717) is 28.6 Å². The van der Waals surface area contributed by atoms with Crippen molar-refractivity contribution in [3.05, 3.63) is 66.7 Å². The van der Waals surface area contributed by atoms with E-state index in [2.05, 4.69) is 10.6 Å². The molecule has 1 aliphatic carbocycles. The SMILES string of the molecule is O=C(NC1CCCCC1)C1CN(C(=O)CCl)c2ccc(-c3cccc(NC(=O)C4CN(C(O)CCl)c5ccccc5O4)c3)cc2O1. The van der Waals surface area contributed by atoms with Crippen molar-refractivity contribution in [3.8, 4) is 22.6 Å². The molecular weight excluding hydrogens is 631 g/mol. The summed E-state index contributed by atoms with van der Waals surface area (Å²) >= 11 is 11.9. The third kappa shape index (κ3) is 6.89. The van der Waals surface area contributed by atoms with Crippen LogP contribution in [0.3, 0.4) is 0 Å².